The van der Waals surface area contributed by atoms with Crippen molar-refractivity contribution >= 4 is 16.9 Å². The van der Waals surface area contributed by atoms with Crippen LogP contribution in [-0.2, 0) is 12.8 Å². The molecule has 1 aliphatic rings. The van der Waals surface area contributed by atoms with Gasteiger partial charge in [0.1, 0.15) is 0 Å². The first-order chi connectivity index (χ1) is 9.78. The molecule has 0 amide bonds. The molecule has 1 N–H and O–H groups in total. The third-order valence-corrected chi connectivity index (χ3v) is 4.52. The Labute approximate surface area is 125 Å². The van der Waals surface area contributed by atoms with Gasteiger partial charge >= 0.3 is 5.97 Å². The molecule has 1 aromatic heterocycles. The molecule has 2 aromatic rings. The van der Waals surface area contributed by atoms with Gasteiger partial charge in [-0.15, -0.1) is 0 Å². The van der Waals surface area contributed by atoms with Gasteiger partial charge in [0.2, 0.25) is 0 Å². The van der Waals surface area contributed by atoms with Crippen LogP contribution in [0.2, 0.25) is 0 Å². The number of carboxylic acids is 1. The summed E-state index contributed by atoms with van der Waals surface area (Å²) < 4.78 is 0. The number of fused-ring (bicyclic) bond motifs is 2. The molecule has 0 unspecified atom stereocenters. The van der Waals surface area contributed by atoms with Gasteiger partial charge in [0.05, 0.1) is 11.1 Å². The number of nitrogens with zero attached hydrogens (tertiary/aromatic N) is 1. The van der Waals surface area contributed by atoms with Crippen molar-refractivity contribution in [1.82, 2.24) is 4.98 Å². The minimum atomic E-state index is -0.830. The number of pyridine rings is 1. The highest BCUT2D eigenvalue weighted by atomic mass is 16.4. The zero-order chi connectivity index (χ0) is 15.4. The van der Waals surface area contributed by atoms with E-state index in [0.29, 0.717) is 5.56 Å². The largest absolute Gasteiger partial charge is 0.478 e. The lowest BCUT2D eigenvalue weighted by Gasteiger charge is -2.32. The standard InChI is InChI=1S/C18H21NO2/c1-10-7-11(2)15-14(8-10)19-13-5-6-18(3,4)9-12(13)16(15)17(20)21/h7-8H,5-6,9H2,1-4H3,(H,20,21). The van der Waals surface area contributed by atoms with Crippen LogP contribution in [0.1, 0.15) is 53.0 Å². The van der Waals surface area contributed by atoms with Gasteiger partial charge in [0.15, 0.2) is 0 Å². The minimum absolute atomic E-state index is 0.144. The van der Waals surface area contributed by atoms with Crippen molar-refractivity contribution in [2.75, 3.05) is 0 Å². The molecule has 0 aliphatic heterocycles. The third-order valence-electron chi connectivity index (χ3n) is 4.52. The number of rotatable bonds is 1. The van der Waals surface area contributed by atoms with Crippen molar-refractivity contribution in [3.8, 4) is 0 Å². The normalized spacial score (nSPS) is 16.8. The van der Waals surface area contributed by atoms with E-state index in [-0.39, 0.29) is 5.41 Å². The zero-order valence-corrected chi connectivity index (χ0v) is 13.1. The SMILES string of the molecule is Cc1cc(C)c2c(C(=O)O)c3c(nc2c1)CCC(C)(C)C3. The summed E-state index contributed by atoms with van der Waals surface area (Å²) in [5.41, 5.74) is 5.48. The van der Waals surface area contributed by atoms with Crippen molar-refractivity contribution < 1.29 is 9.90 Å². The van der Waals surface area contributed by atoms with Crippen LogP contribution in [0, 0.1) is 19.3 Å². The van der Waals surface area contributed by atoms with E-state index >= 15 is 0 Å². The molecule has 3 rings (SSSR count). The lowest BCUT2D eigenvalue weighted by atomic mass is 9.74. The predicted molar refractivity (Wildman–Crippen MR) is 84.0 cm³/mol. The number of hydrogen-bond acceptors (Lipinski definition) is 2. The molecule has 1 heterocycles. The number of carbonyl (C=O) groups is 1. The summed E-state index contributed by atoms with van der Waals surface area (Å²) in [6.45, 7) is 8.41. The van der Waals surface area contributed by atoms with E-state index in [1.54, 1.807) is 0 Å². The van der Waals surface area contributed by atoms with E-state index in [0.717, 1.165) is 52.5 Å². The van der Waals surface area contributed by atoms with Crippen LogP contribution in [-0.4, -0.2) is 16.1 Å². The molecule has 1 aromatic carbocycles. The van der Waals surface area contributed by atoms with Gasteiger partial charge in [-0.05, 0) is 61.3 Å². The Kier molecular flexibility index (Phi) is 3.05. The Morgan fingerprint density at radius 1 is 1.29 bits per heavy atom. The van der Waals surface area contributed by atoms with Crippen molar-refractivity contribution in [1.29, 1.82) is 0 Å². The maximum Gasteiger partial charge on any atom is 0.336 e. The Morgan fingerprint density at radius 3 is 2.67 bits per heavy atom. The van der Waals surface area contributed by atoms with Gasteiger partial charge in [-0.1, -0.05) is 19.9 Å². The van der Waals surface area contributed by atoms with Gasteiger partial charge in [0.25, 0.3) is 0 Å². The number of aromatic nitrogens is 1. The quantitative estimate of drug-likeness (QED) is 0.858. The summed E-state index contributed by atoms with van der Waals surface area (Å²) >= 11 is 0. The molecule has 3 nitrogen and oxygen atoms in total. The highest BCUT2D eigenvalue weighted by Crippen LogP contribution is 2.38. The molecule has 110 valence electrons. The first-order valence-electron chi connectivity index (χ1n) is 7.44. The van der Waals surface area contributed by atoms with E-state index < -0.39 is 5.97 Å². The van der Waals surface area contributed by atoms with Gasteiger partial charge < -0.3 is 5.11 Å². The molecule has 0 bridgehead atoms. The highest BCUT2D eigenvalue weighted by molar-refractivity contribution is 6.05. The fourth-order valence-corrected chi connectivity index (χ4v) is 3.52. The molecule has 0 fully saturated rings. The van der Waals surface area contributed by atoms with Crippen LogP contribution in [0.25, 0.3) is 10.9 Å². The van der Waals surface area contributed by atoms with E-state index in [4.69, 9.17) is 4.98 Å². The fraction of sp³-hybridized carbons (Fsp3) is 0.444. The van der Waals surface area contributed by atoms with E-state index in [9.17, 15) is 9.90 Å². The van der Waals surface area contributed by atoms with Gasteiger partial charge in [-0.3, -0.25) is 4.98 Å². The molecule has 0 spiro atoms. The van der Waals surface area contributed by atoms with Crippen molar-refractivity contribution in [3.05, 3.63) is 40.1 Å². The Morgan fingerprint density at radius 2 is 2.00 bits per heavy atom. The Hall–Kier alpha value is -1.90. The average Bonchev–Trinajstić information content (AvgIpc) is 2.35. The molecule has 0 saturated carbocycles. The second-order valence-corrected chi connectivity index (χ2v) is 7.03. The van der Waals surface area contributed by atoms with Gasteiger partial charge in [-0.2, -0.15) is 0 Å². The second kappa shape index (κ2) is 4.55. The summed E-state index contributed by atoms with van der Waals surface area (Å²) in [7, 11) is 0. The number of hydrogen-bond donors (Lipinski definition) is 1. The number of carboxylic acid groups (broad SMARTS) is 1. The van der Waals surface area contributed by atoms with Crippen LogP contribution >= 0.6 is 0 Å². The summed E-state index contributed by atoms with van der Waals surface area (Å²) in [6.07, 6.45) is 2.72. The lowest BCUT2D eigenvalue weighted by molar-refractivity contribution is 0.0696. The summed E-state index contributed by atoms with van der Waals surface area (Å²) in [6, 6.07) is 4.03. The molecule has 21 heavy (non-hydrogen) atoms. The van der Waals surface area contributed by atoms with Gasteiger partial charge in [-0.25, -0.2) is 4.79 Å². The van der Waals surface area contributed by atoms with E-state index in [2.05, 4.69) is 13.8 Å². The Bertz CT molecular complexity index is 760. The molecule has 3 heteroatoms. The minimum Gasteiger partial charge on any atom is -0.478 e. The maximum atomic E-state index is 11.9. The topological polar surface area (TPSA) is 50.2 Å². The fourth-order valence-electron chi connectivity index (χ4n) is 3.52. The number of benzene rings is 1. The monoisotopic (exact) mass is 283 g/mol. The third kappa shape index (κ3) is 2.31. The van der Waals surface area contributed by atoms with E-state index in [1.165, 1.54) is 0 Å². The van der Waals surface area contributed by atoms with Crippen LogP contribution in [0.3, 0.4) is 0 Å². The summed E-state index contributed by atoms with van der Waals surface area (Å²) in [5, 5.41) is 10.6. The second-order valence-electron chi connectivity index (χ2n) is 7.03. The first-order valence-corrected chi connectivity index (χ1v) is 7.44. The van der Waals surface area contributed by atoms with Crippen molar-refractivity contribution in [2.45, 2.75) is 47.0 Å². The number of aryl methyl sites for hydroxylation is 3. The first kappa shape index (κ1) is 14.1. The number of aromatic carboxylic acids is 1. The van der Waals surface area contributed by atoms with Gasteiger partial charge in [0, 0.05) is 11.1 Å². The van der Waals surface area contributed by atoms with Crippen LogP contribution in [0.5, 0.6) is 0 Å². The molecule has 0 radical (unpaired) electrons. The summed E-state index contributed by atoms with van der Waals surface area (Å²) in [5.74, 6) is -0.830. The van der Waals surface area contributed by atoms with E-state index in [1.807, 2.05) is 26.0 Å². The van der Waals surface area contributed by atoms with Crippen molar-refractivity contribution in [3.63, 3.8) is 0 Å². The highest BCUT2D eigenvalue weighted by Gasteiger charge is 2.31. The van der Waals surface area contributed by atoms with Crippen LogP contribution in [0.4, 0.5) is 0 Å². The molecular weight excluding hydrogens is 262 g/mol. The lowest BCUT2D eigenvalue weighted by Crippen LogP contribution is -2.25. The molecule has 0 saturated heterocycles. The van der Waals surface area contributed by atoms with Crippen molar-refractivity contribution in [2.24, 2.45) is 5.41 Å². The molecule has 0 atom stereocenters. The Balaban J connectivity index is 2.41. The smallest absolute Gasteiger partial charge is 0.336 e. The average molecular weight is 283 g/mol. The molecule has 1 aliphatic carbocycles. The molecular formula is C18H21NO2. The maximum absolute atomic E-state index is 11.9. The van der Waals surface area contributed by atoms with Crippen LogP contribution in [0.15, 0.2) is 12.1 Å². The zero-order valence-electron chi connectivity index (χ0n) is 13.1. The summed E-state index contributed by atoms with van der Waals surface area (Å²) in [4.78, 5) is 16.7. The van der Waals surface area contributed by atoms with Crippen LogP contribution < -0.4 is 0 Å². The predicted octanol–water partition coefficient (Wildman–Crippen LogP) is 4.06.